The Bertz CT molecular complexity index is 237. The van der Waals surface area contributed by atoms with Gasteiger partial charge in [-0.25, -0.2) is 0 Å². The van der Waals surface area contributed by atoms with Crippen molar-refractivity contribution in [3.05, 3.63) is 12.2 Å². The molecule has 0 rings (SSSR count). The number of nitrogens with two attached hydrogens (primary N) is 1. The third-order valence-electron chi connectivity index (χ3n) is 3.96. The van der Waals surface area contributed by atoms with Crippen LogP contribution in [0.5, 0.6) is 0 Å². The van der Waals surface area contributed by atoms with Gasteiger partial charge in [0, 0.05) is 0 Å². The lowest BCUT2D eigenvalue weighted by atomic mass is 10.0. The van der Waals surface area contributed by atoms with Gasteiger partial charge in [-0.1, -0.05) is 83.3 Å². The molecule has 0 spiro atoms. The summed E-state index contributed by atoms with van der Waals surface area (Å²) in [5.74, 6) is 0. The largest absolute Gasteiger partial charge is 0.395 e. The van der Waals surface area contributed by atoms with Crippen LogP contribution in [0.1, 0.15) is 84.0 Å². The third-order valence-corrected chi connectivity index (χ3v) is 3.96. The topological polar surface area (TPSA) is 66.5 Å². The van der Waals surface area contributed by atoms with Crippen LogP contribution >= 0.6 is 12.4 Å². The van der Waals surface area contributed by atoms with Crippen LogP contribution in [-0.4, -0.2) is 29.0 Å². The summed E-state index contributed by atoms with van der Waals surface area (Å²) in [5.41, 5.74) is 5.51. The van der Waals surface area contributed by atoms with Crippen LogP contribution in [-0.2, 0) is 0 Å². The molecule has 4 heteroatoms. The first-order chi connectivity index (χ1) is 10.2. The lowest BCUT2D eigenvalue weighted by Gasteiger charge is -2.11. The summed E-state index contributed by atoms with van der Waals surface area (Å²) in [5, 5.41) is 18.3. The summed E-state index contributed by atoms with van der Waals surface area (Å²) < 4.78 is 0. The number of halogens is 1. The minimum Gasteiger partial charge on any atom is -0.395 e. The molecular formula is C18H38ClNO2. The lowest BCUT2D eigenvalue weighted by molar-refractivity contribution is 0.144. The van der Waals surface area contributed by atoms with E-state index in [2.05, 4.69) is 6.92 Å². The predicted octanol–water partition coefficient (Wildman–Crippen LogP) is 4.35. The molecule has 0 aromatic rings. The molecule has 0 heterocycles. The highest BCUT2D eigenvalue weighted by molar-refractivity contribution is 5.85. The first-order valence-corrected chi connectivity index (χ1v) is 8.93. The number of unbranched alkanes of at least 4 members (excludes halogenated alkanes) is 11. The highest BCUT2D eigenvalue weighted by atomic mass is 35.5. The molecule has 0 fully saturated rings. The second-order valence-corrected chi connectivity index (χ2v) is 6.09. The molecule has 0 aliphatic heterocycles. The van der Waals surface area contributed by atoms with E-state index in [0.717, 1.165) is 6.42 Å². The normalized spacial score (nSPS) is 14.0. The van der Waals surface area contributed by atoms with Gasteiger partial charge >= 0.3 is 0 Å². The Balaban J connectivity index is 0. The predicted molar refractivity (Wildman–Crippen MR) is 98.5 cm³/mol. The molecule has 134 valence electrons. The van der Waals surface area contributed by atoms with Crippen molar-refractivity contribution in [2.75, 3.05) is 6.61 Å². The molecule has 0 saturated heterocycles. The van der Waals surface area contributed by atoms with Gasteiger partial charge < -0.3 is 15.9 Å². The highest BCUT2D eigenvalue weighted by Gasteiger charge is 2.08. The van der Waals surface area contributed by atoms with Crippen molar-refractivity contribution < 1.29 is 10.2 Å². The van der Waals surface area contributed by atoms with Crippen molar-refractivity contribution >= 4 is 12.4 Å². The van der Waals surface area contributed by atoms with Gasteiger partial charge in [-0.15, -0.1) is 12.4 Å². The number of aliphatic hydroxyl groups is 2. The van der Waals surface area contributed by atoms with Crippen molar-refractivity contribution in [1.82, 2.24) is 0 Å². The Hall–Kier alpha value is -0.0900. The second kappa shape index (κ2) is 19.0. The second-order valence-electron chi connectivity index (χ2n) is 6.09. The van der Waals surface area contributed by atoms with E-state index in [4.69, 9.17) is 10.8 Å². The van der Waals surface area contributed by atoms with Gasteiger partial charge in [0.15, 0.2) is 0 Å². The molecule has 2 atom stereocenters. The Labute approximate surface area is 143 Å². The van der Waals surface area contributed by atoms with Gasteiger partial charge in [0.25, 0.3) is 0 Å². The number of allylic oxidation sites excluding steroid dienone is 1. The van der Waals surface area contributed by atoms with Crippen LogP contribution in [0, 0.1) is 0 Å². The number of hydrogen-bond acceptors (Lipinski definition) is 3. The van der Waals surface area contributed by atoms with Crippen molar-refractivity contribution in [3.8, 4) is 0 Å². The van der Waals surface area contributed by atoms with Crippen molar-refractivity contribution in [3.63, 3.8) is 0 Å². The molecule has 0 aromatic carbocycles. The average molecular weight is 336 g/mol. The quantitative estimate of drug-likeness (QED) is 0.308. The molecule has 0 aromatic heterocycles. The average Bonchev–Trinajstić information content (AvgIpc) is 2.50. The van der Waals surface area contributed by atoms with Crippen LogP contribution in [0.15, 0.2) is 12.2 Å². The number of rotatable bonds is 15. The van der Waals surface area contributed by atoms with E-state index in [9.17, 15) is 5.11 Å². The maximum Gasteiger partial charge on any atom is 0.0894 e. The Morgan fingerprint density at radius 3 is 1.77 bits per heavy atom. The van der Waals surface area contributed by atoms with Gasteiger partial charge in [0.2, 0.25) is 0 Å². The monoisotopic (exact) mass is 335 g/mol. The summed E-state index contributed by atoms with van der Waals surface area (Å²) >= 11 is 0. The molecule has 0 aliphatic rings. The van der Waals surface area contributed by atoms with E-state index in [1.54, 1.807) is 6.08 Å². The number of aliphatic hydroxyl groups excluding tert-OH is 2. The zero-order chi connectivity index (χ0) is 15.8. The van der Waals surface area contributed by atoms with Crippen LogP contribution in [0.3, 0.4) is 0 Å². The van der Waals surface area contributed by atoms with Gasteiger partial charge in [0.05, 0.1) is 18.8 Å². The van der Waals surface area contributed by atoms with Crippen molar-refractivity contribution in [2.24, 2.45) is 5.73 Å². The van der Waals surface area contributed by atoms with Crippen LogP contribution in [0.4, 0.5) is 0 Å². The molecule has 0 unspecified atom stereocenters. The number of hydrogen-bond donors (Lipinski definition) is 3. The first-order valence-electron chi connectivity index (χ1n) is 8.93. The maximum atomic E-state index is 9.52. The van der Waals surface area contributed by atoms with Crippen LogP contribution < -0.4 is 5.73 Å². The molecule has 0 bridgehead atoms. The SMILES string of the molecule is CCCCCCCCCCCCC/C=C/[C@@H](O)[C@@H](N)CO.Cl. The van der Waals surface area contributed by atoms with Gasteiger partial charge in [-0.05, 0) is 12.8 Å². The van der Waals surface area contributed by atoms with Gasteiger partial charge in [-0.2, -0.15) is 0 Å². The van der Waals surface area contributed by atoms with Gasteiger partial charge in [-0.3, -0.25) is 0 Å². The van der Waals surface area contributed by atoms with Crippen LogP contribution in [0.2, 0.25) is 0 Å². The fourth-order valence-corrected chi connectivity index (χ4v) is 2.41. The Morgan fingerprint density at radius 2 is 1.32 bits per heavy atom. The summed E-state index contributed by atoms with van der Waals surface area (Å²) in [6.07, 6.45) is 18.8. The highest BCUT2D eigenvalue weighted by Crippen LogP contribution is 2.12. The van der Waals surface area contributed by atoms with E-state index >= 15 is 0 Å². The van der Waals surface area contributed by atoms with Crippen molar-refractivity contribution in [1.29, 1.82) is 0 Å². The van der Waals surface area contributed by atoms with E-state index in [0.29, 0.717) is 0 Å². The fraction of sp³-hybridized carbons (Fsp3) is 0.889. The summed E-state index contributed by atoms with van der Waals surface area (Å²) in [6.45, 7) is 2.08. The molecule has 0 amide bonds. The molecular weight excluding hydrogens is 298 g/mol. The van der Waals surface area contributed by atoms with Crippen LogP contribution in [0.25, 0.3) is 0 Å². The minimum atomic E-state index is -0.720. The van der Waals surface area contributed by atoms with E-state index in [1.807, 2.05) is 6.08 Å². The van der Waals surface area contributed by atoms with E-state index in [1.165, 1.54) is 70.6 Å². The zero-order valence-electron chi connectivity index (χ0n) is 14.4. The Kier molecular flexibility index (Phi) is 20.8. The molecule has 4 N–H and O–H groups in total. The lowest BCUT2D eigenvalue weighted by Crippen LogP contribution is -2.36. The van der Waals surface area contributed by atoms with E-state index in [-0.39, 0.29) is 19.0 Å². The Morgan fingerprint density at radius 1 is 0.864 bits per heavy atom. The molecule has 3 nitrogen and oxygen atoms in total. The summed E-state index contributed by atoms with van der Waals surface area (Å²) in [6, 6.07) is -0.557. The van der Waals surface area contributed by atoms with E-state index < -0.39 is 12.1 Å². The van der Waals surface area contributed by atoms with Gasteiger partial charge in [0.1, 0.15) is 0 Å². The third kappa shape index (κ3) is 16.3. The fourth-order valence-electron chi connectivity index (χ4n) is 2.41. The molecule has 0 aliphatic carbocycles. The summed E-state index contributed by atoms with van der Waals surface area (Å²) in [4.78, 5) is 0. The van der Waals surface area contributed by atoms with Crippen molar-refractivity contribution in [2.45, 2.75) is 96.1 Å². The zero-order valence-corrected chi connectivity index (χ0v) is 15.2. The maximum absolute atomic E-state index is 9.52. The molecule has 0 saturated carbocycles. The first kappa shape index (κ1) is 24.2. The molecule has 0 radical (unpaired) electrons. The minimum absolute atomic E-state index is 0. The standard InChI is InChI=1S/C18H37NO2.ClH/c1-2-3-4-5-6-7-8-9-10-11-12-13-14-15-18(21)17(19)16-20;/h14-15,17-18,20-21H,2-13,16,19H2,1H3;1H/b15-14+;/t17-,18+;/m0./s1. The molecule has 22 heavy (non-hydrogen) atoms. The summed E-state index contributed by atoms with van der Waals surface area (Å²) in [7, 11) is 0. The smallest absolute Gasteiger partial charge is 0.0894 e.